The highest BCUT2D eigenvalue weighted by Crippen LogP contribution is 2.35. The van der Waals surface area contributed by atoms with Crippen molar-refractivity contribution in [3.05, 3.63) is 22.7 Å². The van der Waals surface area contributed by atoms with Crippen molar-refractivity contribution < 1.29 is 0 Å². The van der Waals surface area contributed by atoms with E-state index in [4.69, 9.17) is 5.73 Å². The minimum atomic E-state index is -0.154. The lowest BCUT2D eigenvalue weighted by molar-refractivity contribution is 0.564. The molecular formula is C10H16N4O. The van der Waals surface area contributed by atoms with Crippen LogP contribution in [0, 0.1) is 5.92 Å². The lowest BCUT2D eigenvalue weighted by atomic mass is 10.1. The highest BCUT2D eigenvalue weighted by atomic mass is 16.1. The molecule has 1 aliphatic carbocycles. The highest BCUT2D eigenvalue weighted by molar-refractivity contribution is 5.36. The lowest BCUT2D eigenvalue weighted by Gasteiger charge is -2.27. The van der Waals surface area contributed by atoms with Crippen molar-refractivity contribution in [2.45, 2.75) is 18.9 Å². The van der Waals surface area contributed by atoms with Gasteiger partial charge in [0.2, 0.25) is 0 Å². The fraction of sp³-hybridized carbons (Fsp3) is 0.600. The van der Waals surface area contributed by atoms with Crippen LogP contribution in [0.1, 0.15) is 12.8 Å². The number of hydrogen-bond acceptors (Lipinski definition) is 4. The third kappa shape index (κ3) is 2.02. The van der Waals surface area contributed by atoms with Gasteiger partial charge in [0.1, 0.15) is 0 Å². The Hall–Kier alpha value is -1.36. The van der Waals surface area contributed by atoms with E-state index in [0.717, 1.165) is 0 Å². The van der Waals surface area contributed by atoms with E-state index in [1.807, 2.05) is 11.9 Å². The van der Waals surface area contributed by atoms with Crippen molar-refractivity contribution >= 4 is 5.82 Å². The standard InChI is InChI=1S/C10H16N4O/c1-14(8(6-11)7-2-3-7)9-10(15)13-5-4-12-9/h4-5,7-8H,2-3,6,11H2,1H3,(H,13,15). The first-order valence-electron chi connectivity index (χ1n) is 5.20. The van der Waals surface area contributed by atoms with E-state index in [1.165, 1.54) is 19.0 Å². The van der Waals surface area contributed by atoms with E-state index < -0.39 is 0 Å². The first-order valence-corrected chi connectivity index (χ1v) is 5.20. The second-order valence-corrected chi connectivity index (χ2v) is 3.99. The molecule has 1 aliphatic rings. The molecule has 0 bridgehead atoms. The average Bonchev–Trinajstić information content (AvgIpc) is 3.03. The van der Waals surface area contributed by atoms with Crippen LogP contribution in [0.5, 0.6) is 0 Å². The number of nitrogens with two attached hydrogens (primary N) is 1. The number of aromatic amines is 1. The van der Waals surface area contributed by atoms with Crippen LogP contribution in [-0.2, 0) is 0 Å². The molecule has 1 heterocycles. The van der Waals surface area contributed by atoms with Crippen LogP contribution in [0.4, 0.5) is 5.82 Å². The van der Waals surface area contributed by atoms with E-state index >= 15 is 0 Å². The van der Waals surface area contributed by atoms with E-state index in [9.17, 15) is 4.79 Å². The van der Waals surface area contributed by atoms with Crippen molar-refractivity contribution in [3.8, 4) is 0 Å². The Morgan fingerprint density at radius 2 is 2.47 bits per heavy atom. The number of nitrogens with zero attached hydrogens (tertiary/aromatic N) is 2. The topological polar surface area (TPSA) is 75.0 Å². The SMILES string of the molecule is CN(c1ncc[nH]c1=O)C(CN)C1CC1. The molecule has 1 unspecified atom stereocenters. The number of aromatic nitrogens is 2. The third-order valence-corrected chi connectivity index (χ3v) is 2.93. The fourth-order valence-electron chi connectivity index (χ4n) is 1.90. The molecule has 0 radical (unpaired) electrons. The monoisotopic (exact) mass is 208 g/mol. The van der Waals surface area contributed by atoms with Crippen LogP contribution in [-0.4, -0.2) is 29.6 Å². The summed E-state index contributed by atoms with van der Waals surface area (Å²) in [5.41, 5.74) is 5.57. The van der Waals surface area contributed by atoms with Gasteiger partial charge >= 0.3 is 0 Å². The predicted octanol–water partition coefficient (Wildman–Crippen LogP) is -0.0566. The molecule has 1 saturated carbocycles. The highest BCUT2D eigenvalue weighted by Gasteiger charge is 2.34. The smallest absolute Gasteiger partial charge is 0.290 e. The molecule has 2 rings (SSSR count). The average molecular weight is 208 g/mol. The second-order valence-electron chi connectivity index (χ2n) is 3.99. The van der Waals surface area contributed by atoms with Gasteiger partial charge in [-0.2, -0.15) is 0 Å². The molecule has 3 N–H and O–H groups in total. The van der Waals surface area contributed by atoms with Gasteiger partial charge in [-0.05, 0) is 18.8 Å². The molecule has 0 spiro atoms. The molecule has 1 aromatic rings. The number of hydrogen-bond donors (Lipinski definition) is 2. The maximum Gasteiger partial charge on any atom is 0.290 e. The van der Waals surface area contributed by atoms with E-state index in [2.05, 4.69) is 9.97 Å². The second kappa shape index (κ2) is 4.02. The Kier molecular flexibility index (Phi) is 2.73. The molecule has 1 fully saturated rings. The molecule has 5 nitrogen and oxygen atoms in total. The molecule has 0 saturated heterocycles. The molecule has 1 aromatic heterocycles. The Morgan fingerprint density at radius 1 is 1.73 bits per heavy atom. The largest absolute Gasteiger partial charge is 0.351 e. The Morgan fingerprint density at radius 3 is 3.00 bits per heavy atom. The van der Waals surface area contributed by atoms with Gasteiger partial charge in [-0.1, -0.05) is 0 Å². The number of nitrogens with one attached hydrogen (secondary N) is 1. The van der Waals surface area contributed by atoms with Crippen LogP contribution in [0.3, 0.4) is 0 Å². The number of anilines is 1. The van der Waals surface area contributed by atoms with Crippen LogP contribution in [0.2, 0.25) is 0 Å². The number of H-pyrrole nitrogens is 1. The quantitative estimate of drug-likeness (QED) is 0.727. The zero-order valence-electron chi connectivity index (χ0n) is 8.81. The van der Waals surface area contributed by atoms with Crippen molar-refractivity contribution in [1.82, 2.24) is 9.97 Å². The minimum absolute atomic E-state index is 0.154. The summed E-state index contributed by atoms with van der Waals surface area (Å²) in [5, 5.41) is 0. The summed E-state index contributed by atoms with van der Waals surface area (Å²) in [6.07, 6.45) is 5.54. The van der Waals surface area contributed by atoms with Gasteiger partial charge in [0, 0.05) is 32.0 Å². The molecular weight excluding hydrogens is 192 g/mol. The van der Waals surface area contributed by atoms with Crippen LogP contribution >= 0.6 is 0 Å². The van der Waals surface area contributed by atoms with Gasteiger partial charge in [-0.25, -0.2) is 4.98 Å². The van der Waals surface area contributed by atoms with Crippen LogP contribution in [0.15, 0.2) is 17.2 Å². The van der Waals surface area contributed by atoms with Gasteiger partial charge in [-0.15, -0.1) is 0 Å². The van der Waals surface area contributed by atoms with Gasteiger partial charge in [0.25, 0.3) is 5.56 Å². The summed E-state index contributed by atoms with van der Waals surface area (Å²) >= 11 is 0. The number of rotatable bonds is 4. The van der Waals surface area contributed by atoms with Crippen molar-refractivity contribution in [2.24, 2.45) is 11.7 Å². The van der Waals surface area contributed by atoms with Crippen molar-refractivity contribution in [2.75, 3.05) is 18.5 Å². The molecule has 15 heavy (non-hydrogen) atoms. The Bertz CT molecular complexity index is 385. The first kappa shape index (κ1) is 10.2. The lowest BCUT2D eigenvalue weighted by Crippen LogP contribution is -2.42. The first-order chi connectivity index (χ1) is 7.24. The maximum absolute atomic E-state index is 11.5. The molecule has 0 amide bonds. The Labute approximate surface area is 88.3 Å². The zero-order chi connectivity index (χ0) is 10.8. The van der Waals surface area contributed by atoms with Gasteiger partial charge < -0.3 is 15.6 Å². The molecule has 5 heteroatoms. The fourth-order valence-corrected chi connectivity index (χ4v) is 1.90. The van der Waals surface area contributed by atoms with Crippen LogP contribution in [0.25, 0.3) is 0 Å². The summed E-state index contributed by atoms with van der Waals surface area (Å²) in [4.78, 5) is 20.1. The molecule has 82 valence electrons. The molecule has 0 aliphatic heterocycles. The molecule has 0 aromatic carbocycles. The molecule has 1 atom stereocenters. The van der Waals surface area contributed by atoms with Gasteiger partial charge in [0.05, 0.1) is 0 Å². The summed E-state index contributed by atoms with van der Waals surface area (Å²) in [5.74, 6) is 1.08. The zero-order valence-corrected chi connectivity index (χ0v) is 8.81. The van der Waals surface area contributed by atoms with Crippen molar-refractivity contribution in [3.63, 3.8) is 0 Å². The number of likely N-dealkylation sites (N-methyl/N-ethyl adjacent to an activating group) is 1. The Balaban J connectivity index is 2.22. The minimum Gasteiger partial charge on any atom is -0.351 e. The maximum atomic E-state index is 11.5. The third-order valence-electron chi connectivity index (χ3n) is 2.93. The van der Waals surface area contributed by atoms with Crippen LogP contribution < -0.4 is 16.2 Å². The summed E-state index contributed by atoms with van der Waals surface area (Å²) < 4.78 is 0. The van der Waals surface area contributed by atoms with Gasteiger partial charge in [-0.3, -0.25) is 4.79 Å². The van der Waals surface area contributed by atoms with E-state index in [0.29, 0.717) is 18.3 Å². The summed E-state index contributed by atoms with van der Waals surface area (Å²) in [7, 11) is 1.88. The normalized spacial score (nSPS) is 17.5. The predicted molar refractivity (Wildman–Crippen MR) is 58.8 cm³/mol. The summed E-state index contributed by atoms with van der Waals surface area (Å²) in [6, 6.07) is 0.237. The van der Waals surface area contributed by atoms with Crippen molar-refractivity contribution in [1.29, 1.82) is 0 Å². The summed E-state index contributed by atoms with van der Waals surface area (Å²) in [6.45, 7) is 0.567. The van der Waals surface area contributed by atoms with E-state index in [1.54, 1.807) is 6.20 Å². The van der Waals surface area contributed by atoms with E-state index in [-0.39, 0.29) is 11.6 Å². The van der Waals surface area contributed by atoms with Gasteiger partial charge in [0.15, 0.2) is 5.82 Å².